The topological polar surface area (TPSA) is 61.8 Å². The average molecular weight is 395 g/mol. The summed E-state index contributed by atoms with van der Waals surface area (Å²) < 4.78 is 16.6. The maximum Gasteiger partial charge on any atom is 0.347 e. The second-order valence-corrected chi connectivity index (χ2v) is 6.50. The first-order chi connectivity index (χ1) is 14.1. The van der Waals surface area contributed by atoms with Gasteiger partial charge in [-0.2, -0.15) is 0 Å². The van der Waals surface area contributed by atoms with Gasteiger partial charge in [-0.3, -0.25) is 0 Å². The van der Waals surface area contributed by atoms with Gasteiger partial charge in [0.1, 0.15) is 17.1 Å². The van der Waals surface area contributed by atoms with E-state index in [9.17, 15) is 9.59 Å². The van der Waals surface area contributed by atoms with E-state index in [1.807, 2.05) is 0 Å². The Kier molecular flexibility index (Phi) is 9.49. The molecular formula is C24H27O5. The normalized spacial score (nSPS) is 11.3. The molecule has 0 saturated carbocycles. The van der Waals surface area contributed by atoms with Crippen LogP contribution in [0.1, 0.15) is 55.8 Å². The molecule has 0 aliphatic heterocycles. The van der Waals surface area contributed by atoms with E-state index in [1.54, 1.807) is 48.5 Å². The molecule has 2 aromatic rings. The molecule has 0 heterocycles. The van der Waals surface area contributed by atoms with E-state index < -0.39 is 18.2 Å². The highest BCUT2D eigenvalue weighted by Crippen LogP contribution is 2.23. The van der Waals surface area contributed by atoms with Gasteiger partial charge < -0.3 is 14.2 Å². The van der Waals surface area contributed by atoms with Crippen LogP contribution in [0.3, 0.4) is 0 Å². The highest BCUT2D eigenvalue weighted by atomic mass is 16.7. The van der Waals surface area contributed by atoms with Gasteiger partial charge in [-0.15, -0.1) is 0 Å². The molecule has 0 saturated heterocycles. The number of carbonyl (C=O) groups is 2. The van der Waals surface area contributed by atoms with E-state index in [1.165, 1.54) is 6.42 Å². The summed E-state index contributed by atoms with van der Waals surface area (Å²) in [5, 5.41) is 0. The van der Waals surface area contributed by atoms with Crippen molar-refractivity contribution in [2.75, 3.05) is 0 Å². The molecule has 1 unspecified atom stereocenters. The molecule has 0 N–H and O–H groups in total. The molecule has 0 spiro atoms. The number of ether oxygens (including phenoxy) is 3. The molecule has 0 aliphatic rings. The molecule has 29 heavy (non-hydrogen) atoms. The van der Waals surface area contributed by atoms with Gasteiger partial charge in [0.05, 0.1) is 0 Å². The van der Waals surface area contributed by atoms with Crippen LogP contribution < -0.4 is 9.47 Å². The van der Waals surface area contributed by atoms with Crippen molar-refractivity contribution in [2.45, 2.75) is 51.7 Å². The van der Waals surface area contributed by atoms with E-state index in [2.05, 4.69) is 19.6 Å². The number of carbonyl (C=O) groups excluding carboxylic acids is 2. The molecule has 5 heteroatoms. The quantitative estimate of drug-likeness (QED) is 0.156. The summed E-state index contributed by atoms with van der Waals surface area (Å²) in [6, 6.07) is 16.4. The second-order valence-electron chi connectivity index (χ2n) is 6.50. The Morgan fingerprint density at radius 2 is 1.83 bits per heavy atom. The number of hydrogen-bond acceptors (Lipinski definition) is 5. The smallest absolute Gasteiger partial charge is 0.347 e. The predicted molar refractivity (Wildman–Crippen MR) is 111 cm³/mol. The van der Waals surface area contributed by atoms with Crippen LogP contribution in [0.25, 0.3) is 0 Å². The number of unbranched alkanes of at least 4 members (excludes halogenated alkanes) is 4. The fourth-order valence-electron chi connectivity index (χ4n) is 2.71. The molecule has 0 amide bonds. The van der Waals surface area contributed by atoms with Crippen molar-refractivity contribution in [3.63, 3.8) is 0 Å². The lowest BCUT2D eigenvalue weighted by molar-refractivity contribution is -0.158. The summed E-state index contributed by atoms with van der Waals surface area (Å²) in [6.07, 6.45) is 6.13. The van der Waals surface area contributed by atoms with Gasteiger partial charge in [0.25, 0.3) is 0 Å². The lowest BCUT2D eigenvalue weighted by atomic mass is 10.1. The standard InChI is InChI=1S/C24H27O5/c1-3-5-6-7-11-18-23(29-22(25)4-2)28-21-17-13-12-16-20(21)24(26)27-19-14-9-8-10-15-19/h4,8-10,12-14,16-17,23H,2-3,5-7,11,18H2,1H3. The van der Waals surface area contributed by atoms with E-state index in [-0.39, 0.29) is 5.56 Å². The van der Waals surface area contributed by atoms with Crippen LogP contribution in [0.2, 0.25) is 0 Å². The van der Waals surface area contributed by atoms with Crippen molar-refractivity contribution >= 4 is 11.9 Å². The summed E-state index contributed by atoms with van der Waals surface area (Å²) >= 11 is 0. The number of hydrogen-bond donors (Lipinski definition) is 0. The Bertz CT molecular complexity index is 785. The molecule has 5 nitrogen and oxygen atoms in total. The van der Waals surface area contributed by atoms with Crippen LogP contribution in [-0.4, -0.2) is 18.2 Å². The van der Waals surface area contributed by atoms with Crippen molar-refractivity contribution in [3.8, 4) is 11.5 Å². The molecule has 2 aromatic carbocycles. The van der Waals surface area contributed by atoms with Gasteiger partial charge in [0, 0.05) is 18.6 Å². The number of para-hydroxylation sites is 2. The Morgan fingerprint density at radius 3 is 2.55 bits per heavy atom. The van der Waals surface area contributed by atoms with Crippen LogP contribution in [0.15, 0.2) is 61.2 Å². The summed E-state index contributed by atoms with van der Waals surface area (Å²) in [5.74, 6) is -0.524. The maximum atomic E-state index is 12.6. The largest absolute Gasteiger partial charge is 0.454 e. The SMILES string of the molecule is C=CC(=O)OC(CCCCCCC)Oc1ccccc1C(=O)Oc1[c]cccc1. The molecule has 1 radical (unpaired) electrons. The number of esters is 2. The molecule has 0 bridgehead atoms. The summed E-state index contributed by atoms with van der Waals surface area (Å²) in [7, 11) is 0. The highest BCUT2D eigenvalue weighted by molar-refractivity contribution is 5.94. The maximum absolute atomic E-state index is 12.6. The molecule has 0 aromatic heterocycles. The molecule has 0 fully saturated rings. The summed E-state index contributed by atoms with van der Waals surface area (Å²) in [4.78, 5) is 24.3. The molecule has 153 valence electrons. The van der Waals surface area contributed by atoms with Gasteiger partial charge in [-0.1, -0.05) is 69.5 Å². The summed E-state index contributed by atoms with van der Waals surface area (Å²) in [6.45, 7) is 5.58. The van der Waals surface area contributed by atoms with E-state index in [4.69, 9.17) is 14.2 Å². The van der Waals surface area contributed by atoms with Gasteiger partial charge in [0.15, 0.2) is 0 Å². The van der Waals surface area contributed by atoms with Gasteiger partial charge in [0.2, 0.25) is 6.29 Å². The Labute approximate surface area is 172 Å². The zero-order valence-corrected chi connectivity index (χ0v) is 16.8. The first kappa shape index (κ1) is 22.2. The lowest BCUT2D eigenvalue weighted by Gasteiger charge is -2.20. The minimum atomic E-state index is -0.806. The van der Waals surface area contributed by atoms with Crippen LogP contribution in [0, 0.1) is 6.07 Å². The van der Waals surface area contributed by atoms with Crippen molar-refractivity contribution in [3.05, 3.63) is 72.8 Å². The van der Waals surface area contributed by atoms with Crippen LogP contribution in [0.5, 0.6) is 11.5 Å². The zero-order valence-electron chi connectivity index (χ0n) is 16.8. The number of rotatable bonds is 12. The van der Waals surface area contributed by atoms with E-state index in [0.717, 1.165) is 31.8 Å². The van der Waals surface area contributed by atoms with Gasteiger partial charge >= 0.3 is 11.9 Å². The summed E-state index contributed by atoms with van der Waals surface area (Å²) in [5.41, 5.74) is 0.246. The highest BCUT2D eigenvalue weighted by Gasteiger charge is 2.20. The molecular weight excluding hydrogens is 368 g/mol. The first-order valence-corrected chi connectivity index (χ1v) is 9.91. The lowest BCUT2D eigenvalue weighted by Crippen LogP contribution is -2.24. The number of benzene rings is 2. The minimum Gasteiger partial charge on any atom is -0.454 e. The Balaban J connectivity index is 2.07. The Hall–Kier alpha value is -3.08. The van der Waals surface area contributed by atoms with Crippen molar-refractivity contribution < 1.29 is 23.8 Å². The van der Waals surface area contributed by atoms with E-state index in [0.29, 0.717) is 17.9 Å². The molecule has 1 atom stereocenters. The zero-order chi connectivity index (χ0) is 20.9. The van der Waals surface area contributed by atoms with Crippen molar-refractivity contribution in [2.24, 2.45) is 0 Å². The third-order valence-corrected chi connectivity index (χ3v) is 4.21. The molecule has 2 rings (SSSR count). The van der Waals surface area contributed by atoms with Crippen LogP contribution >= 0.6 is 0 Å². The average Bonchev–Trinajstić information content (AvgIpc) is 2.74. The minimum absolute atomic E-state index is 0.246. The third-order valence-electron chi connectivity index (χ3n) is 4.21. The molecule has 0 aliphatic carbocycles. The van der Waals surface area contributed by atoms with Crippen molar-refractivity contribution in [1.29, 1.82) is 0 Å². The van der Waals surface area contributed by atoms with Crippen LogP contribution in [0.4, 0.5) is 0 Å². The van der Waals surface area contributed by atoms with Crippen molar-refractivity contribution in [1.82, 2.24) is 0 Å². The van der Waals surface area contributed by atoms with Gasteiger partial charge in [-0.05, 0) is 24.6 Å². The van der Waals surface area contributed by atoms with Crippen LogP contribution in [-0.2, 0) is 9.53 Å². The third kappa shape index (κ3) is 7.82. The van der Waals surface area contributed by atoms with Gasteiger partial charge in [-0.25, -0.2) is 9.59 Å². The van der Waals surface area contributed by atoms with E-state index >= 15 is 0 Å². The fourth-order valence-corrected chi connectivity index (χ4v) is 2.71. The first-order valence-electron chi connectivity index (χ1n) is 9.91. The fraction of sp³-hybridized carbons (Fsp3) is 0.333. The predicted octanol–water partition coefficient (Wildman–Crippen LogP) is 5.50. The Morgan fingerprint density at radius 1 is 1.07 bits per heavy atom. The monoisotopic (exact) mass is 395 g/mol. The second kappa shape index (κ2) is 12.4.